The third-order valence-corrected chi connectivity index (χ3v) is 5.12. The molecule has 0 radical (unpaired) electrons. The predicted molar refractivity (Wildman–Crippen MR) is 113 cm³/mol. The fourth-order valence-corrected chi connectivity index (χ4v) is 3.70. The predicted octanol–water partition coefficient (Wildman–Crippen LogP) is 5.53. The van der Waals surface area contributed by atoms with Gasteiger partial charge in [0.2, 0.25) is 5.13 Å². The summed E-state index contributed by atoms with van der Waals surface area (Å²) in [5.41, 5.74) is 4.84. The number of fused-ring (bicyclic) bond motifs is 2. The molecule has 28 heavy (non-hydrogen) atoms. The number of hydrazone groups is 1. The molecule has 0 bridgehead atoms. The molecule has 0 unspecified atom stereocenters. The quantitative estimate of drug-likeness (QED) is 0.370. The third-order valence-electron chi connectivity index (χ3n) is 4.18. The molecule has 4 aromatic rings. The topological polar surface area (TPSA) is 55.7 Å². The van der Waals surface area contributed by atoms with Crippen molar-refractivity contribution in [2.24, 2.45) is 5.10 Å². The van der Waals surface area contributed by atoms with Gasteiger partial charge in [-0.1, -0.05) is 65.9 Å². The summed E-state index contributed by atoms with van der Waals surface area (Å²) in [6, 6.07) is 25.4. The second-order valence-electron chi connectivity index (χ2n) is 6.07. The minimum Gasteiger partial charge on any atom is -0.449 e. The van der Waals surface area contributed by atoms with Crippen LogP contribution in [0.15, 0.2) is 89.7 Å². The maximum absolute atomic E-state index is 6.10. The van der Waals surface area contributed by atoms with Gasteiger partial charge in [-0.2, -0.15) is 5.10 Å². The first-order valence-corrected chi connectivity index (χ1v) is 9.57. The number of para-hydroxylation sites is 3. The molecule has 0 fully saturated rings. The Balaban J connectivity index is 1.46. The number of nitrogens with zero attached hydrogens (tertiary/aromatic N) is 2. The summed E-state index contributed by atoms with van der Waals surface area (Å²) in [5.74, 6) is 2.48. The Bertz CT molecular complexity index is 1170. The van der Waals surface area contributed by atoms with Crippen LogP contribution in [0.25, 0.3) is 16.0 Å². The molecule has 0 atom stereocenters. The fraction of sp³-hybridized carbons (Fsp3) is 0. The van der Waals surface area contributed by atoms with E-state index in [1.165, 1.54) is 0 Å². The van der Waals surface area contributed by atoms with E-state index in [2.05, 4.69) is 15.5 Å². The van der Waals surface area contributed by atoms with E-state index in [1.807, 2.05) is 78.9 Å². The number of allylic oxidation sites excluding steroid dienone is 1. The van der Waals surface area contributed by atoms with Gasteiger partial charge >= 0.3 is 0 Å². The highest BCUT2D eigenvalue weighted by Crippen LogP contribution is 2.37. The number of nitrogens with one attached hydrogen (secondary N) is 1. The van der Waals surface area contributed by atoms with Gasteiger partial charge in [0.1, 0.15) is 0 Å². The lowest BCUT2D eigenvalue weighted by Gasteiger charge is -2.21. The summed E-state index contributed by atoms with van der Waals surface area (Å²) in [7, 11) is 0. The van der Waals surface area contributed by atoms with Gasteiger partial charge < -0.3 is 9.47 Å². The number of anilines is 1. The summed E-state index contributed by atoms with van der Waals surface area (Å²) < 4.78 is 13.3. The number of aromatic nitrogens is 1. The molecule has 5 rings (SSSR count). The number of hydrogen-bond donors (Lipinski definition) is 1. The maximum Gasteiger partial charge on any atom is 0.204 e. The van der Waals surface area contributed by atoms with E-state index in [0.29, 0.717) is 23.0 Å². The Morgan fingerprint density at radius 3 is 2.36 bits per heavy atom. The normalized spacial score (nSPS) is 13.3. The number of rotatable bonds is 4. The van der Waals surface area contributed by atoms with Gasteiger partial charge in [-0.15, -0.1) is 0 Å². The first-order valence-electron chi connectivity index (χ1n) is 8.76. The molecule has 1 aliphatic rings. The van der Waals surface area contributed by atoms with Crippen LogP contribution >= 0.6 is 11.3 Å². The highest BCUT2D eigenvalue weighted by Gasteiger charge is 2.21. The summed E-state index contributed by atoms with van der Waals surface area (Å²) in [6.45, 7) is 0. The van der Waals surface area contributed by atoms with Crippen molar-refractivity contribution < 1.29 is 9.47 Å². The first kappa shape index (κ1) is 16.5. The van der Waals surface area contributed by atoms with Gasteiger partial charge in [-0.3, -0.25) is 5.43 Å². The molecular formula is C22H15N3O2S. The zero-order valence-corrected chi connectivity index (χ0v) is 15.5. The molecule has 6 heteroatoms. The monoisotopic (exact) mass is 385 g/mol. The van der Waals surface area contributed by atoms with Gasteiger partial charge in [0.15, 0.2) is 23.0 Å². The SMILES string of the molecule is C(=N/Nc1nc2ccccc2s1)/C1=C(c2ccccc2)Oc2ccccc2O1. The van der Waals surface area contributed by atoms with Gasteiger partial charge in [0.25, 0.3) is 0 Å². The molecule has 1 N–H and O–H groups in total. The van der Waals surface area contributed by atoms with Crippen LogP contribution in [0.3, 0.4) is 0 Å². The van der Waals surface area contributed by atoms with Crippen LogP contribution in [0.4, 0.5) is 5.13 Å². The Kier molecular flexibility index (Phi) is 4.23. The lowest BCUT2D eigenvalue weighted by molar-refractivity contribution is 0.367. The van der Waals surface area contributed by atoms with Crippen LogP contribution in [0.2, 0.25) is 0 Å². The van der Waals surface area contributed by atoms with Crippen LogP contribution in [0.1, 0.15) is 5.56 Å². The van der Waals surface area contributed by atoms with Gasteiger partial charge in [-0.05, 0) is 24.3 Å². The summed E-state index contributed by atoms with van der Waals surface area (Å²) in [5, 5.41) is 5.04. The van der Waals surface area contributed by atoms with Crippen LogP contribution in [-0.4, -0.2) is 11.2 Å². The second-order valence-corrected chi connectivity index (χ2v) is 7.10. The minimum atomic E-state index is 0.526. The molecule has 5 nitrogen and oxygen atoms in total. The van der Waals surface area contributed by atoms with Crippen LogP contribution < -0.4 is 14.9 Å². The molecule has 0 spiro atoms. The summed E-state index contributed by atoms with van der Waals surface area (Å²) in [4.78, 5) is 4.51. The van der Waals surface area contributed by atoms with Gasteiger partial charge in [0, 0.05) is 5.56 Å². The van der Waals surface area contributed by atoms with E-state index in [1.54, 1.807) is 17.6 Å². The Hall–Kier alpha value is -3.64. The van der Waals surface area contributed by atoms with E-state index in [0.717, 1.165) is 20.9 Å². The van der Waals surface area contributed by atoms with Crippen molar-refractivity contribution in [3.05, 3.63) is 90.2 Å². The van der Waals surface area contributed by atoms with Crippen LogP contribution in [-0.2, 0) is 0 Å². The average Bonchev–Trinajstić information content (AvgIpc) is 3.17. The van der Waals surface area contributed by atoms with Crippen LogP contribution in [0, 0.1) is 0 Å². The lowest BCUT2D eigenvalue weighted by atomic mass is 10.1. The Morgan fingerprint density at radius 1 is 0.821 bits per heavy atom. The molecule has 0 aliphatic carbocycles. The summed E-state index contributed by atoms with van der Waals surface area (Å²) in [6.07, 6.45) is 1.62. The molecule has 3 aromatic carbocycles. The molecule has 0 amide bonds. The van der Waals surface area contributed by atoms with Crippen molar-refractivity contribution in [3.8, 4) is 11.5 Å². The number of benzene rings is 3. The van der Waals surface area contributed by atoms with E-state index >= 15 is 0 Å². The fourth-order valence-electron chi connectivity index (χ4n) is 2.89. The molecule has 0 saturated heterocycles. The van der Waals surface area contributed by atoms with Crippen molar-refractivity contribution in [1.29, 1.82) is 0 Å². The van der Waals surface area contributed by atoms with E-state index < -0.39 is 0 Å². The number of thiazole rings is 1. The highest BCUT2D eigenvalue weighted by atomic mass is 32.1. The second kappa shape index (κ2) is 7.17. The minimum absolute atomic E-state index is 0.526. The van der Waals surface area contributed by atoms with Gasteiger partial charge in [-0.25, -0.2) is 4.98 Å². The zero-order chi connectivity index (χ0) is 18.8. The molecule has 1 aliphatic heterocycles. The van der Waals surface area contributed by atoms with E-state index in [-0.39, 0.29) is 0 Å². The smallest absolute Gasteiger partial charge is 0.204 e. The number of ether oxygens (including phenoxy) is 2. The molecular weight excluding hydrogens is 370 g/mol. The standard InChI is InChI=1S/C22H15N3O2S/c1-2-8-15(9-3-1)21-19(26-17-11-5-6-12-18(17)27-21)14-23-25-22-24-16-10-4-7-13-20(16)28-22/h1-14H,(H,24,25)/b23-14-. The van der Waals surface area contributed by atoms with Gasteiger partial charge in [0.05, 0.1) is 16.4 Å². The molecule has 1 aromatic heterocycles. The van der Waals surface area contributed by atoms with E-state index in [4.69, 9.17) is 9.47 Å². The molecule has 2 heterocycles. The van der Waals surface area contributed by atoms with Crippen LogP contribution in [0.5, 0.6) is 11.5 Å². The first-order chi connectivity index (χ1) is 13.9. The Labute approximate surface area is 165 Å². The number of hydrogen-bond acceptors (Lipinski definition) is 6. The van der Waals surface area contributed by atoms with Crippen molar-refractivity contribution >= 4 is 38.7 Å². The van der Waals surface area contributed by atoms with Crippen molar-refractivity contribution in [2.75, 3.05) is 5.43 Å². The maximum atomic E-state index is 6.10. The zero-order valence-electron chi connectivity index (χ0n) is 14.7. The highest BCUT2D eigenvalue weighted by molar-refractivity contribution is 7.22. The van der Waals surface area contributed by atoms with E-state index in [9.17, 15) is 0 Å². The summed E-state index contributed by atoms with van der Waals surface area (Å²) >= 11 is 1.55. The third kappa shape index (κ3) is 3.21. The lowest BCUT2D eigenvalue weighted by Crippen LogP contribution is -2.12. The van der Waals surface area contributed by atoms with Crippen molar-refractivity contribution in [3.63, 3.8) is 0 Å². The average molecular weight is 385 g/mol. The molecule has 136 valence electrons. The Morgan fingerprint density at radius 2 is 1.54 bits per heavy atom. The molecule has 0 saturated carbocycles. The van der Waals surface area contributed by atoms with Crippen molar-refractivity contribution in [2.45, 2.75) is 0 Å². The largest absolute Gasteiger partial charge is 0.449 e. The van der Waals surface area contributed by atoms with Crippen molar-refractivity contribution in [1.82, 2.24) is 4.98 Å².